The highest BCUT2D eigenvalue weighted by Gasteiger charge is 2.30. The number of carbonyl (C=O) groups is 1. The van der Waals surface area contributed by atoms with Gasteiger partial charge in [-0.15, -0.1) is 11.3 Å². The molecular formula is C18H10Cl2F3N3O3S2. The van der Waals surface area contributed by atoms with Gasteiger partial charge in [0.1, 0.15) is 9.09 Å². The van der Waals surface area contributed by atoms with Crippen LogP contribution < -0.4 is 5.32 Å². The Morgan fingerprint density at radius 2 is 1.90 bits per heavy atom. The molecule has 31 heavy (non-hydrogen) atoms. The van der Waals surface area contributed by atoms with E-state index in [1.807, 2.05) is 0 Å². The first-order valence-electron chi connectivity index (χ1n) is 8.25. The number of rotatable bonds is 6. The molecule has 0 bridgehead atoms. The van der Waals surface area contributed by atoms with Crippen molar-refractivity contribution in [2.45, 2.75) is 21.8 Å². The van der Waals surface area contributed by atoms with Crippen LogP contribution in [0.3, 0.4) is 0 Å². The summed E-state index contributed by atoms with van der Waals surface area (Å²) in [5, 5.41) is 14.3. The van der Waals surface area contributed by atoms with Crippen molar-refractivity contribution >= 4 is 57.9 Å². The van der Waals surface area contributed by atoms with E-state index in [4.69, 9.17) is 23.2 Å². The lowest BCUT2D eigenvalue weighted by atomic mass is 10.1. The molecule has 0 saturated heterocycles. The van der Waals surface area contributed by atoms with Gasteiger partial charge in [0.25, 0.3) is 11.6 Å². The molecule has 1 N–H and O–H groups in total. The van der Waals surface area contributed by atoms with E-state index in [0.717, 1.165) is 41.3 Å². The minimum Gasteiger partial charge on any atom is -0.347 e. The van der Waals surface area contributed by atoms with Crippen LogP contribution in [0.25, 0.3) is 0 Å². The molecule has 1 aromatic carbocycles. The zero-order valence-corrected chi connectivity index (χ0v) is 18.2. The Hall–Kier alpha value is -2.34. The van der Waals surface area contributed by atoms with Crippen molar-refractivity contribution in [1.29, 1.82) is 0 Å². The van der Waals surface area contributed by atoms with Crippen LogP contribution in [0.1, 0.15) is 20.8 Å². The highest BCUT2D eigenvalue weighted by molar-refractivity contribution is 8.01. The average molecular weight is 508 g/mol. The van der Waals surface area contributed by atoms with Gasteiger partial charge in [0, 0.05) is 25.0 Å². The molecule has 0 radical (unpaired) electrons. The molecule has 0 aliphatic rings. The van der Waals surface area contributed by atoms with Gasteiger partial charge in [0.15, 0.2) is 0 Å². The Bertz CT molecular complexity index is 1140. The van der Waals surface area contributed by atoms with Crippen LogP contribution in [0.4, 0.5) is 18.9 Å². The van der Waals surface area contributed by atoms with Crippen LogP contribution in [0.15, 0.2) is 51.8 Å². The summed E-state index contributed by atoms with van der Waals surface area (Å²) < 4.78 is 38.6. The van der Waals surface area contributed by atoms with Crippen molar-refractivity contribution in [1.82, 2.24) is 10.3 Å². The van der Waals surface area contributed by atoms with Gasteiger partial charge in [0.05, 0.1) is 25.4 Å². The van der Waals surface area contributed by atoms with Gasteiger partial charge in [-0.2, -0.15) is 13.2 Å². The topological polar surface area (TPSA) is 85.1 Å². The average Bonchev–Trinajstić information content (AvgIpc) is 3.13. The number of hydrogen-bond acceptors (Lipinski definition) is 6. The molecule has 3 rings (SSSR count). The van der Waals surface area contributed by atoms with E-state index in [1.54, 1.807) is 0 Å². The van der Waals surface area contributed by atoms with E-state index < -0.39 is 22.6 Å². The second kappa shape index (κ2) is 9.43. The highest BCUT2D eigenvalue weighted by atomic mass is 35.5. The van der Waals surface area contributed by atoms with E-state index in [2.05, 4.69) is 10.3 Å². The normalized spacial score (nSPS) is 11.4. The Balaban J connectivity index is 1.79. The van der Waals surface area contributed by atoms with Gasteiger partial charge >= 0.3 is 6.18 Å². The third kappa shape index (κ3) is 5.67. The molecule has 2 aromatic heterocycles. The quantitative estimate of drug-likeness (QED) is 0.305. The van der Waals surface area contributed by atoms with Gasteiger partial charge < -0.3 is 5.32 Å². The number of halogens is 5. The second-order valence-corrected chi connectivity index (χ2v) is 9.10. The van der Waals surface area contributed by atoms with E-state index >= 15 is 0 Å². The highest BCUT2D eigenvalue weighted by Crippen LogP contribution is 2.45. The van der Waals surface area contributed by atoms with Crippen molar-refractivity contribution in [3.05, 3.63) is 78.9 Å². The molecule has 0 unspecified atom stereocenters. The zero-order chi connectivity index (χ0) is 22.8. The number of nitrogens with one attached hydrogen (secondary N) is 1. The maximum absolute atomic E-state index is 12.8. The lowest BCUT2D eigenvalue weighted by Crippen LogP contribution is -2.22. The molecule has 0 aliphatic heterocycles. The van der Waals surface area contributed by atoms with Crippen LogP contribution in [-0.2, 0) is 12.7 Å². The van der Waals surface area contributed by atoms with Crippen molar-refractivity contribution < 1.29 is 22.9 Å². The maximum atomic E-state index is 12.8. The fraction of sp³-hybridized carbons (Fsp3) is 0.111. The number of aromatic nitrogens is 1. The van der Waals surface area contributed by atoms with Crippen molar-refractivity contribution in [3.63, 3.8) is 0 Å². The Labute approximate surface area is 191 Å². The monoisotopic (exact) mass is 507 g/mol. The molecule has 0 aliphatic carbocycles. The Kier molecular flexibility index (Phi) is 7.10. The summed E-state index contributed by atoms with van der Waals surface area (Å²) >= 11 is 13.9. The smallest absolute Gasteiger partial charge is 0.347 e. The van der Waals surface area contributed by atoms with Crippen molar-refractivity contribution in [3.8, 4) is 0 Å². The molecule has 0 spiro atoms. The van der Waals surface area contributed by atoms with Gasteiger partial charge in [0.2, 0.25) is 0 Å². The van der Waals surface area contributed by atoms with Crippen LogP contribution in [-0.4, -0.2) is 15.8 Å². The van der Waals surface area contributed by atoms with Gasteiger partial charge in [-0.05, 0) is 17.7 Å². The molecule has 3 aromatic rings. The molecule has 2 heterocycles. The number of hydrogen-bond donors (Lipinski definition) is 1. The summed E-state index contributed by atoms with van der Waals surface area (Å²) in [7, 11) is 0. The first kappa shape index (κ1) is 23.3. The van der Waals surface area contributed by atoms with E-state index in [0.29, 0.717) is 4.90 Å². The summed E-state index contributed by atoms with van der Waals surface area (Å²) in [4.78, 5) is 27.4. The van der Waals surface area contributed by atoms with Crippen LogP contribution in [0, 0.1) is 10.1 Å². The lowest BCUT2D eigenvalue weighted by molar-refractivity contribution is -0.387. The second-order valence-electron chi connectivity index (χ2n) is 5.96. The van der Waals surface area contributed by atoms with Crippen molar-refractivity contribution in [2.24, 2.45) is 0 Å². The summed E-state index contributed by atoms with van der Waals surface area (Å²) in [5.74, 6) is -0.663. The summed E-state index contributed by atoms with van der Waals surface area (Å²) in [6.45, 7) is -0.182. The molecule has 0 atom stereocenters. The standard InChI is InChI=1S/C18H10Cl2F3N3O3S2/c19-11-7-24-8-12(20)15(11)31-17-13(26(28)29)5-14(30-17)16(27)25-6-9-2-1-3-10(4-9)18(21,22)23/h1-5,7-8H,6H2,(H,25,27). The number of amides is 1. The maximum Gasteiger partial charge on any atom is 0.416 e. The number of thiophene rings is 1. The van der Waals surface area contributed by atoms with Crippen LogP contribution >= 0.6 is 46.3 Å². The third-order valence-electron chi connectivity index (χ3n) is 3.81. The molecular weight excluding hydrogens is 498 g/mol. The van der Waals surface area contributed by atoms with Gasteiger partial charge in [-0.1, -0.05) is 47.1 Å². The van der Waals surface area contributed by atoms with Crippen molar-refractivity contribution in [2.75, 3.05) is 0 Å². The van der Waals surface area contributed by atoms with E-state index in [-0.39, 0.29) is 36.9 Å². The minimum absolute atomic E-state index is 0.0162. The third-order valence-corrected chi connectivity index (χ3v) is 7.07. The Morgan fingerprint density at radius 1 is 1.23 bits per heavy atom. The molecule has 6 nitrogen and oxygen atoms in total. The summed E-state index contributed by atoms with van der Waals surface area (Å²) in [6.07, 6.45) is -1.84. The number of nitro groups is 1. The number of alkyl halides is 3. The van der Waals surface area contributed by atoms with Crippen LogP contribution in [0.2, 0.25) is 10.0 Å². The summed E-state index contributed by atoms with van der Waals surface area (Å²) in [5.41, 5.74) is -0.918. The first-order chi connectivity index (χ1) is 14.6. The van der Waals surface area contributed by atoms with Gasteiger partial charge in [-0.25, -0.2) is 0 Å². The fourth-order valence-corrected chi connectivity index (χ4v) is 5.17. The fourth-order valence-electron chi connectivity index (χ4n) is 2.39. The predicted octanol–water partition coefficient (Wildman–Crippen LogP) is 6.46. The minimum atomic E-state index is -4.50. The zero-order valence-electron chi connectivity index (χ0n) is 15.1. The number of pyridine rings is 1. The van der Waals surface area contributed by atoms with Gasteiger partial charge in [-0.3, -0.25) is 19.9 Å². The largest absolute Gasteiger partial charge is 0.416 e. The number of nitrogens with zero attached hydrogens (tertiary/aromatic N) is 2. The van der Waals surface area contributed by atoms with Crippen LogP contribution in [0.5, 0.6) is 0 Å². The predicted molar refractivity (Wildman–Crippen MR) is 112 cm³/mol. The Morgan fingerprint density at radius 3 is 2.52 bits per heavy atom. The number of benzene rings is 1. The SMILES string of the molecule is O=C(NCc1cccc(C(F)(F)F)c1)c1cc([N+](=O)[O-])c(Sc2c(Cl)cncc2Cl)s1. The first-order valence-corrected chi connectivity index (χ1v) is 10.6. The lowest BCUT2D eigenvalue weighted by Gasteiger charge is -2.09. The molecule has 0 fully saturated rings. The van der Waals surface area contributed by atoms with E-state index in [1.165, 1.54) is 24.5 Å². The molecule has 1 amide bonds. The number of carbonyl (C=O) groups excluding carboxylic acids is 1. The molecule has 0 saturated carbocycles. The molecule has 13 heteroatoms. The van der Waals surface area contributed by atoms with E-state index in [9.17, 15) is 28.1 Å². The molecule has 162 valence electrons. The summed E-state index contributed by atoms with van der Waals surface area (Å²) in [6, 6.07) is 5.61.